The lowest BCUT2D eigenvalue weighted by molar-refractivity contribution is -0.121. The number of hydrogen-bond acceptors (Lipinski definition) is 5. The number of nitrogens with one attached hydrogen (secondary N) is 3. The summed E-state index contributed by atoms with van der Waals surface area (Å²) >= 11 is 0. The van der Waals surface area contributed by atoms with Crippen LogP contribution in [0.4, 0.5) is 0 Å². The van der Waals surface area contributed by atoms with Gasteiger partial charge in [0.2, 0.25) is 5.91 Å². The van der Waals surface area contributed by atoms with Gasteiger partial charge < -0.3 is 15.6 Å². The predicted molar refractivity (Wildman–Crippen MR) is 93.4 cm³/mol. The first-order valence-corrected chi connectivity index (χ1v) is 8.68. The summed E-state index contributed by atoms with van der Waals surface area (Å²) in [4.78, 5) is 30.5. The van der Waals surface area contributed by atoms with Crippen molar-refractivity contribution in [3.05, 3.63) is 45.9 Å². The Kier molecular flexibility index (Phi) is 5.60. The number of H-pyrrole nitrogens is 1. The van der Waals surface area contributed by atoms with Crippen molar-refractivity contribution in [2.24, 2.45) is 0 Å². The van der Waals surface area contributed by atoms with E-state index in [1.165, 1.54) is 6.07 Å². The summed E-state index contributed by atoms with van der Waals surface area (Å²) < 4.78 is 1.78. The van der Waals surface area contributed by atoms with Gasteiger partial charge in [-0.3, -0.25) is 14.3 Å². The van der Waals surface area contributed by atoms with Crippen LogP contribution in [0.1, 0.15) is 36.0 Å². The number of nitrogens with zero attached hydrogens (tertiary/aromatic N) is 3. The van der Waals surface area contributed by atoms with Gasteiger partial charge in [-0.15, -0.1) is 0 Å². The standard InChI is InChI=1S/C17H24N6O2/c1-12-9-16(24)22-15(21-12)5-7-19-17(25)11-23-14(4-8-20-23)13-3-2-6-18-10-13/h4,8-9,13,18H,2-3,5-7,10-11H2,1H3,(H,19,25)(H,21,22,24)/t13-/m1/s1. The van der Waals surface area contributed by atoms with Crippen molar-refractivity contribution in [2.45, 2.75) is 38.6 Å². The highest BCUT2D eigenvalue weighted by Gasteiger charge is 2.19. The van der Waals surface area contributed by atoms with E-state index in [-0.39, 0.29) is 18.0 Å². The van der Waals surface area contributed by atoms with Crippen molar-refractivity contribution in [3.63, 3.8) is 0 Å². The molecule has 1 fully saturated rings. The lowest BCUT2D eigenvalue weighted by Crippen LogP contribution is -2.33. The molecule has 3 N–H and O–H groups in total. The van der Waals surface area contributed by atoms with Crippen LogP contribution in [0.3, 0.4) is 0 Å². The monoisotopic (exact) mass is 344 g/mol. The summed E-state index contributed by atoms with van der Waals surface area (Å²) in [6.07, 6.45) is 4.50. The van der Waals surface area contributed by atoms with Gasteiger partial charge in [-0.25, -0.2) is 4.98 Å². The van der Waals surface area contributed by atoms with E-state index >= 15 is 0 Å². The summed E-state index contributed by atoms with van der Waals surface area (Å²) in [5.74, 6) is 0.896. The number of aromatic nitrogens is 4. The number of aromatic amines is 1. The van der Waals surface area contributed by atoms with E-state index in [0.717, 1.165) is 31.6 Å². The Balaban J connectivity index is 1.51. The molecule has 134 valence electrons. The fourth-order valence-corrected chi connectivity index (χ4v) is 3.20. The molecule has 0 aromatic carbocycles. The molecular weight excluding hydrogens is 320 g/mol. The van der Waals surface area contributed by atoms with Gasteiger partial charge in [0.15, 0.2) is 0 Å². The summed E-state index contributed by atoms with van der Waals surface area (Å²) in [5.41, 5.74) is 1.61. The molecule has 0 radical (unpaired) electrons. The third-order valence-corrected chi connectivity index (χ3v) is 4.36. The molecule has 0 unspecified atom stereocenters. The highest BCUT2D eigenvalue weighted by Crippen LogP contribution is 2.22. The molecule has 8 heteroatoms. The second-order valence-electron chi connectivity index (χ2n) is 6.39. The maximum Gasteiger partial charge on any atom is 0.251 e. The molecule has 2 aromatic rings. The van der Waals surface area contributed by atoms with Crippen LogP contribution in [0.2, 0.25) is 0 Å². The third kappa shape index (κ3) is 4.76. The van der Waals surface area contributed by atoms with Crippen LogP contribution in [-0.4, -0.2) is 45.3 Å². The average molecular weight is 344 g/mol. The molecule has 0 saturated carbocycles. The number of aryl methyl sites for hydroxylation is 1. The highest BCUT2D eigenvalue weighted by atomic mass is 16.2. The van der Waals surface area contributed by atoms with Gasteiger partial charge in [0.05, 0.1) is 0 Å². The molecule has 1 aliphatic heterocycles. The van der Waals surface area contributed by atoms with Crippen LogP contribution in [0.5, 0.6) is 0 Å². The minimum absolute atomic E-state index is 0.0938. The van der Waals surface area contributed by atoms with Crippen molar-refractivity contribution in [3.8, 4) is 0 Å². The molecule has 1 amide bonds. The van der Waals surface area contributed by atoms with Crippen molar-refractivity contribution in [1.29, 1.82) is 0 Å². The van der Waals surface area contributed by atoms with Crippen molar-refractivity contribution >= 4 is 5.91 Å². The number of carbonyl (C=O) groups excluding carboxylic acids is 1. The Morgan fingerprint density at radius 2 is 2.36 bits per heavy atom. The zero-order valence-electron chi connectivity index (χ0n) is 14.4. The first-order chi connectivity index (χ1) is 12.1. The SMILES string of the molecule is Cc1cc(=O)[nH]c(CCNC(=O)Cn2nccc2[C@@H]2CCCNC2)n1. The van der Waals surface area contributed by atoms with Gasteiger partial charge in [0, 0.05) is 49.1 Å². The second-order valence-corrected chi connectivity index (χ2v) is 6.39. The van der Waals surface area contributed by atoms with E-state index in [4.69, 9.17) is 0 Å². The highest BCUT2D eigenvalue weighted by molar-refractivity contribution is 5.75. The Hall–Kier alpha value is -2.48. The minimum Gasteiger partial charge on any atom is -0.354 e. The molecule has 3 heterocycles. The molecule has 8 nitrogen and oxygen atoms in total. The lowest BCUT2D eigenvalue weighted by Gasteiger charge is -2.23. The smallest absolute Gasteiger partial charge is 0.251 e. The maximum atomic E-state index is 12.2. The number of piperidine rings is 1. The Morgan fingerprint density at radius 1 is 1.48 bits per heavy atom. The number of carbonyl (C=O) groups is 1. The molecule has 1 atom stereocenters. The Morgan fingerprint density at radius 3 is 3.12 bits per heavy atom. The molecule has 3 rings (SSSR count). The van der Waals surface area contributed by atoms with Gasteiger partial charge >= 0.3 is 0 Å². The number of amides is 1. The molecule has 0 bridgehead atoms. The normalized spacial score (nSPS) is 17.4. The first kappa shape index (κ1) is 17.3. The molecule has 0 spiro atoms. The molecule has 1 saturated heterocycles. The van der Waals surface area contributed by atoms with Crippen molar-refractivity contribution in [1.82, 2.24) is 30.4 Å². The van der Waals surface area contributed by atoms with Crippen LogP contribution in [0.25, 0.3) is 0 Å². The second kappa shape index (κ2) is 8.06. The van der Waals surface area contributed by atoms with E-state index in [2.05, 4.69) is 25.7 Å². The van der Waals surface area contributed by atoms with E-state index in [1.54, 1.807) is 17.8 Å². The van der Waals surface area contributed by atoms with Crippen LogP contribution >= 0.6 is 0 Å². The van der Waals surface area contributed by atoms with Crippen LogP contribution in [-0.2, 0) is 17.8 Å². The van der Waals surface area contributed by atoms with Crippen molar-refractivity contribution < 1.29 is 4.79 Å². The van der Waals surface area contributed by atoms with E-state index in [9.17, 15) is 9.59 Å². The van der Waals surface area contributed by atoms with Gasteiger partial charge in [-0.1, -0.05) is 0 Å². The summed E-state index contributed by atoms with van der Waals surface area (Å²) in [6, 6.07) is 3.44. The molecular formula is C17H24N6O2. The fraction of sp³-hybridized carbons (Fsp3) is 0.529. The van der Waals surface area contributed by atoms with Gasteiger partial charge in [0.25, 0.3) is 5.56 Å². The minimum atomic E-state index is -0.170. The Bertz CT molecular complexity index is 775. The van der Waals surface area contributed by atoms with Crippen LogP contribution < -0.4 is 16.2 Å². The predicted octanol–water partition coefficient (Wildman–Crippen LogP) is 0.101. The zero-order chi connectivity index (χ0) is 17.6. The van der Waals surface area contributed by atoms with E-state index < -0.39 is 0 Å². The molecule has 0 aliphatic carbocycles. The molecule has 1 aliphatic rings. The lowest BCUT2D eigenvalue weighted by atomic mass is 9.96. The summed E-state index contributed by atoms with van der Waals surface area (Å²) in [5, 5.41) is 10.5. The maximum absolute atomic E-state index is 12.2. The number of rotatable bonds is 6. The number of hydrogen-bond donors (Lipinski definition) is 3. The first-order valence-electron chi connectivity index (χ1n) is 8.68. The van der Waals surface area contributed by atoms with Gasteiger partial charge in [-0.05, 0) is 32.4 Å². The Labute approximate surface area is 146 Å². The van der Waals surface area contributed by atoms with Gasteiger partial charge in [0.1, 0.15) is 12.4 Å². The van der Waals surface area contributed by atoms with E-state index in [0.29, 0.717) is 30.4 Å². The van der Waals surface area contributed by atoms with E-state index in [1.807, 2.05) is 6.07 Å². The van der Waals surface area contributed by atoms with Crippen molar-refractivity contribution in [2.75, 3.05) is 19.6 Å². The molecule has 25 heavy (non-hydrogen) atoms. The zero-order valence-corrected chi connectivity index (χ0v) is 14.4. The quantitative estimate of drug-likeness (QED) is 0.689. The summed E-state index contributed by atoms with van der Waals surface area (Å²) in [7, 11) is 0. The average Bonchev–Trinajstić information content (AvgIpc) is 3.03. The van der Waals surface area contributed by atoms with Crippen LogP contribution in [0, 0.1) is 6.92 Å². The third-order valence-electron chi connectivity index (χ3n) is 4.36. The fourth-order valence-electron chi connectivity index (χ4n) is 3.20. The van der Waals surface area contributed by atoms with Gasteiger partial charge in [-0.2, -0.15) is 5.10 Å². The summed E-state index contributed by atoms with van der Waals surface area (Å²) in [6.45, 7) is 4.39. The van der Waals surface area contributed by atoms with Crippen LogP contribution in [0.15, 0.2) is 23.1 Å². The topological polar surface area (TPSA) is 105 Å². The molecule has 2 aromatic heterocycles. The largest absolute Gasteiger partial charge is 0.354 e.